The molecule has 0 radical (unpaired) electrons. The van der Waals surface area contributed by atoms with Crippen LogP contribution in [0.15, 0.2) is 52.7 Å². The molecule has 2 aliphatic carbocycles. The van der Waals surface area contributed by atoms with Crippen LogP contribution in [0.25, 0.3) is 11.3 Å². The number of benzene rings is 1. The van der Waals surface area contributed by atoms with Crippen molar-refractivity contribution in [2.24, 2.45) is 15.6 Å². The van der Waals surface area contributed by atoms with Gasteiger partial charge in [0.2, 0.25) is 0 Å². The topological polar surface area (TPSA) is 97.5 Å². The molecule has 0 N–H and O–H groups in total. The van der Waals surface area contributed by atoms with Gasteiger partial charge in [0.1, 0.15) is 11.6 Å². The lowest BCUT2D eigenvalue weighted by Crippen LogP contribution is -2.38. The minimum atomic E-state index is -3.28. The lowest BCUT2D eigenvalue weighted by molar-refractivity contribution is 0.243. The lowest BCUT2D eigenvalue weighted by atomic mass is 9.66. The van der Waals surface area contributed by atoms with E-state index in [4.69, 9.17) is 4.98 Å². The van der Waals surface area contributed by atoms with Crippen LogP contribution in [0.1, 0.15) is 75.5 Å². The van der Waals surface area contributed by atoms with Gasteiger partial charge in [0, 0.05) is 12.2 Å². The van der Waals surface area contributed by atoms with E-state index in [2.05, 4.69) is 34.2 Å². The zero-order chi connectivity index (χ0) is 27.7. The Balaban J connectivity index is 1.39. The first kappa shape index (κ1) is 25.9. The van der Waals surface area contributed by atoms with E-state index in [0.717, 1.165) is 29.8 Å². The number of hydrogen-bond donors (Lipinski definition) is 0. The molecule has 2 aromatic heterocycles. The summed E-state index contributed by atoms with van der Waals surface area (Å²) in [6.07, 6.45) is 2.03. The largest absolute Gasteiger partial charge is 0.250 e. The zero-order valence-corrected chi connectivity index (χ0v) is 23.1. The highest BCUT2D eigenvalue weighted by atomic mass is 32.2. The number of fused-ring (bicyclic) bond motifs is 5. The van der Waals surface area contributed by atoms with Crippen LogP contribution in [0.3, 0.4) is 0 Å². The molecule has 10 heteroatoms. The molecule has 202 valence electrons. The summed E-state index contributed by atoms with van der Waals surface area (Å²) in [6, 6.07) is 11.3. The molecule has 7 nitrogen and oxygen atoms in total. The third-order valence-electron chi connectivity index (χ3n) is 9.14. The Labute approximate surface area is 226 Å². The monoisotopic (exact) mass is 549 g/mol. The van der Waals surface area contributed by atoms with Crippen LogP contribution in [0.4, 0.5) is 8.78 Å². The van der Waals surface area contributed by atoms with Crippen molar-refractivity contribution in [3.63, 3.8) is 0 Å². The molecule has 1 aromatic carbocycles. The Morgan fingerprint density at radius 3 is 2.46 bits per heavy atom. The second-order valence-electron chi connectivity index (χ2n) is 11.2. The van der Waals surface area contributed by atoms with E-state index < -0.39 is 32.1 Å². The van der Waals surface area contributed by atoms with Crippen molar-refractivity contribution < 1.29 is 17.2 Å². The van der Waals surface area contributed by atoms with Crippen LogP contribution in [-0.2, 0) is 15.3 Å². The van der Waals surface area contributed by atoms with Crippen molar-refractivity contribution in [3.8, 4) is 11.3 Å². The minimum absolute atomic E-state index is 0.0424. The maximum absolute atomic E-state index is 14.6. The first-order valence-corrected chi connectivity index (χ1v) is 14.9. The van der Waals surface area contributed by atoms with Gasteiger partial charge in [-0.05, 0) is 67.0 Å². The third kappa shape index (κ3) is 3.63. The summed E-state index contributed by atoms with van der Waals surface area (Å²) in [5.74, 6) is -1.17. The second-order valence-corrected chi connectivity index (χ2v) is 13.8. The molecule has 2 bridgehead atoms. The van der Waals surface area contributed by atoms with Crippen molar-refractivity contribution in [1.29, 1.82) is 0 Å². The first-order valence-electron chi connectivity index (χ1n) is 13.2. The summed E-state index contributed by atoms with van der Waals surface area (Å²) in [4.78, 5) is 5.04. The smallest absolute Gasteiger partial charge is 0.158 e. The summed E-state index contributed by atoms with van der Waals surface area (Å²) >= 11 is 0. The molecule has 39 heavy (non-hydrogen) atoms. The van der Waals surface area contributed by atoms with Crippen molar-refractivity contribution >= 4 is 21.3 Å². The van der Waals surface area contributed by atoms with Crippen LogP contribution in [-0.4, -0.2) is 46.0 Å². The highest BCUT2D eigenvalue weighted by molar-refractivity contribution is 7.92. The molecule has 0 saturated heterocycles. The van der Waals surface area contributed by atoms with E-state index in [1.165, 1.54) is 18.2 Å². The third-order valence-corrected chi connectivity index (χ3v) is 11.3. The molecule has 3 aromatic rings. The van der Waals surface area contributed by atoms with Gasteiger partial charge in [-0.2, -0.15) is 15.3 Å². The summed E-state index contributed by atoms with van der Waals surface area (Å²) < 4.78 is 53.9. The average molecular weight is 550 g/mol. The van der Waals surface area contributed by atoms with Crippen LogP contribution in [0, 0.1) is 17.0 Å². The van der Waals surface area contributed by atoms with E-state index in [1.54, 1.807) is 19.9 Å². The number of nitrogens with zero attached hydrogens (tertiary/aromatic N) is 5. The number of rotatable bonds is 6. The minimum Gasteiger partial charge on any atom is -0.250 e. The van der Waals surface area contributed by atoms with Crippen LogP contribution < -0.4 is 0 Å². The number of sulfone groups is 1. The van der Waals surface area contributed by atoms with Crippen LogP contribution in [0.2, 0.25) is 0 Å². The van der Waals surface area contributed by atoms with Crippen LogP contribution >= 0.6 is 0 Å². The molecular weight excluding hydrogens is 520 g/mol. The van der Waals surface area contributed by atoms with Gasteiger partial charge in [0.15, 0.2) is 9.84 Å². The molecule has 1 fully saturated rings. The molecule has 6 rings (SSSR count). The van der Waals surface area contributed by atoms with Gasteiger partial charge >= 0.3 is 0 Å². The van der Waals surface area contributed by atoms with Crippen molar-refractivity contribution in [1.82, 2.24) is 15.2 Å². The molecule has 0 unspecified atom stereocenters. The lowest BCUT2D eigenvalue weighted by Gasteiger charge is -2.37. The molecule has 1 aliphatic heterocycles. The normalized spacial score (nSPS) is 23.9. The summed E-state index contributed by atoms with van der Waals surface area (Å²) in [5.41, 5.74) is 3.57. The highest BCUT2D eigenvalue weighted by Gasteiger charge is 2.65. The first-order chi connectivity index (χ1) is 18.5. The maximum Gasteiger partial charge on any atom is 0.158 e. The van der Waals surface area contributed by atoms with E-state index in [-0.39, 0.29) is 28.3 Å². The number of halogens is 2. The van der Waals surface area contributed by atoms with Gasteiger partial charge in [0.25, 0.3) is 0 Å². The van der Waals surface area contributed by atoms with Crippen molar-refractivity contribution in [2.45, 2.75) is 63.5 Å². The molecular formula is C29H29F2N5O2S. The fraction of sp³-hybridized carbons (Fsp3) is 0.414. The van der Waals surface area contributed by atoms with Gasteiger partial charge in [-0.1, -0.05) is 32.9 Å². The molecule has 3 atom stereocenters. The van der Waals surface area contributed by atoms with Gasteiger partial charge < -0.3 is 0 Å². The van der Waals surface area contributed by atoms with Crippen LogP contribution in [0.5, 0.6) is 0 Å². The molecule has 0 amide bonds. The van der Waals surface area contributed by atoms with Crippen molar-refractivity contribution in [2.75, 3.05) is 5.75 Å². The fourth-order valence-corrected chi connectivity index (χ4v) is 7.83. The van der Waals surface area contributed by atoms with Gasteiger partial charge in [0.05, 0.1) is 50.4 Å². The molecule has 1 saturated carbocycles. The SMILES string of the molecule is CCS(=O)(=O)[C@H](C)C1=NN=C(c2cccc([C@@]34CC[C@@H](c5cc(-c6c(F)cccc6F)nnc53)C4(C)C)n2)C1. The van der Waals surface area contributed by atoms with Crippen molar-refractivity contribution in [3.05, 3.63) is 76.7 Å². The number of pyridine rings is 1. The predicted molar refractivity (Wildman–Crippen MR) is 146 cm³/mol. The highest BCUT2D eigenvalue weighted by Crippen LogP contribution is 2.69. The number of aromatic nitrogens is 3. The Bertz CT molecular complexity index is 1660. The second kappa shape index (κ2) is 8.81. The fourth-order valence-electron chi connectivity index (χ4n) is 6.78. The molecule has 0 spiro atoms. The molecule has 3 aliphatic rings. The van der Waals surface area contributed by atoms with Gasteiger partial charge in [-0.15, -0.1) is 5.10 Å². The predicted octanol–water partition coefficient (Wildman–Crippen LogP) is 5.39. The maximum atomic E-state index is 14.6. The Morgan fingerprint density at radius 2 is 1.74 bits per heavy atom. The molecule has 3 heterocycles. The standard InChI is InChI=1S/C29H29F2N5O2S/c1-5-39(37,38)16(2)22-15-23(34-33-22)21-10-7-11-25(32-21)29-13-12-18(28(29,3)4)17-14-24(35-36-27(17)29)26-19(30)8-6-9-20(26)31/h6-11,14,16,18H,5,12-13,15H2,1-4H3/t16-,18+,29+/m1/s1. The van der Waals surface area contributed by atoms with E-state index >= 15 is 0 Å². The summed E-state index contributed by atoms with van der Waals surface area (Å²) in [7, 11) is -3.28. The van der Waals surface area contributed by atoms with Gasteiger partial charge in [-0.3, -0.25) is 4.98 Å². The Morgan fingerprint density at radius 1 is 1.03 bits per heavy atom. The van der Waals surface area contributed by atoms with E-state index in [1.807, 2.05) is 18.2 Å². The Hall–Kier alpha value is -3.40. The Kier molecular flexibility index (Phi) is 5.84. The van der Waals surface area contributed by atoms with E-state index in [9.17, 15) is 17.2 Å². The summed E-state index contributed by atoms with van der Waals surface area (Å²) in [6.45, 7) is 7.66. The average Bonchev–Trinajstić information content (AvgIpc) is 3.56. The van der Waals surface area contributed by atoms with E-state index in [0.29, 0.717) is 23.5 Å². The quantitative estimate of drug-likeness (QED) is 0.411. The summed E-state index contributed by atoms with van der Waals surface area (Å²) in [5, 5.41) is 16.7. The number of hydrogen-bond acceptors (Lipinski definition) is 7. The zero-order valence-electron chi connectivity index (χ0n) is 22.2. The van der Waals surface area contributed by atoms with Gasteiger partial charge in [-0.25, -0.2) is 17.2 Å².